The molecule has 0 bridgehead atoms. The summed E-state index contributed by atoms with van der Waals surface area (Å²) in [5.74, 6) is -0.347. The first-order valence-electron chi connectivity index (χ1n) is 8.96. The van der Waals surface area contributed by atoms with Crippen molar-refractivity contribution in [2.75, 3.05) is 0 Å². The molecule has 1 aromatic heterocycles. The number of fused-ring (bicyclic) bond motifs is 1. The molecule has 1 aliphatic carbocycles. The molecule has 0 aliphatic heterocycles. The van der Waals surface area contributed by atoms with Crippen molar-refractivity contribution in [1.82, 2.24) is 10.3 Å². The summed E-state index contributed by atoms with van der Waals surface area (Å²) in [5, 5.41) is 3.19. The van der Waals surface area contributed by atoms with Crippen molar-refractivity contribution in [1.29, 1.82) is 0 Å². The van der Waals surface area contributed by atoms with E-state index in [2.05, 4.69) is 22.4 Å². The van der Waals surface area contributed by atoms with E-state index < -0.39 is 0 Å². The van der Waals surface area contributed by atoms with Crippen molar-refractivity contribution in [2.45, 2.75) is 32.2 Å². The molecule has 1 unspecified atom stereocenters. The molecule has 1 heterocycles. The Balaban J connectivity index is 1.57. The van der Waals surface area contributed by atoms with Gasteiger partial charge in [-0.15, -0.1) is 0 Å². The Morgan fingerprint density at radius 2 is 1.92 bits per heavy atom. The van der Waals surface area contributed by atoms with Crippen molar-refractivity contribution in [3.63, 3.8) is 0 Å². The predicted octanol–water partition coefficient (Wildman–Crippen LogP) is 4.94. The lowest BCUT2D eigenvalue weighted by atomic mass is 9.87. The molecule has 3 nitrogen and oxygen atoms in total. The minimum absolute atomic E-state index is 0.0519. The van der Waals surface area contributed by atoms with E-state index in [9.17, 15) is 9.18 Å². The van der Waals surface area contributed by atoms with Gasteiger partial charge in [-0.3, -0.25) is 4.79 Å². The van der Waals surface area contributed by atoms with Crippen LogP contribution in [0.15, 0.2) is 54.6 Å². The van der Waals surface area contributed by atoms with Crippen LogP contribution in [0.4, 0.5) is 4.39 Å². The third-order valence-corrected chi connectivity index (χ3v) is 5.09. The van der Waals surface area contributed by atoms with E-state index >= 15 is 0 Å². The Bertz CT molecular complexity index is 943. The highest BCUT2D eigenvalue weighted by Gasteiger charge is 2.23. The van der Waals surface area contributed by atoms with Crippen LogP contribution in [-0.2, 0) is 6.42 Å². The van der Waals surface area contributed by atoms with Gasteiger partial charge in [-0.25, -0.2) is 4.39 Å². The van der Waals surface area contributed by atoms with Gasteiger partial charge in [0, 0.05) is 11.4 Å². The maximum absolute atomic E-state index is 13.1. The van der Waals surface area contributed by atoms with Gasteiger partial charge in [-0.05, 0) is 73.2 Å². The molecule has 1 aliphatic rings. The van der Waals surface area contributed by atoms with E-state index in [-0.39, 0.29) is 17.8 Å². The summed E-state index contributed by atoms with van der Waals surface area (Å²) < 4.78 is 13.1. The van der Waals surface area contributed by atoms with E-state index in [0.717, 1.165) is 36.2 Å². The molecule has 132 valence electrons. The second kappa shape index (κ2) is 6.79. The van der Waals surface area contributed by atoms with Crippen LogP contribution in [0.5, 0.6) is 0 Å². The van der Waals surface area contributed by atoms with Crippen LogP contribution in [-0.4, -0.2) is 10.9 Å². The van der Waals surface area contributed by atoms with E-state index in [1.54, 1.807) is 12.1 Å². The molecule has 1 amide bonds. The maximum atomic E-state index is 13.1. The number of amides is 1. The summed E-state index contributed by atoms with van der Waals surface area (Å²) in [6.07, 6.45) is 3.10. The van der Waals surface area contributed by atoms with Gasteiger partial charge in [0.05, 0.1) is 11.6 Å². The maximum Gasteiger partial charge on any atom is 0.253 e. The molecular formula is C22H21FN2O. The number of aromatic amines is 1. The van der Waals surface area contributed by atoms with Crippen LogP contribution < -0.4 is 5.32 Å². The number of benzene rings is 2. The Hall–Kier alpha value is -2.88. The number of rotatable bonds is 3. The quantitative estimate of drug-likeness (QED) is 0.692. The lowest BCUT2D eigenvalue weighted by Crippen LogP contribution is -2.31. The Morgan fingerprint density at radius 1 is 1.15 bits per heavy atom. The van der Waals surface area contributed by atoms with Crippen molar-refractivity contribution in [3.05, 3.63) is 82.8 Å². The Morgan fingerprint density at radius 3 is 2.73 bits per heavy atom. The number of carbonyl (C=O) groups is 1. The zero-order chi connectivity index (χ0) is 18.1. The largest absolute Gasteiger partial charge is 0.358 e. The zero-order valence-electron chi connectivity index (χ0n) is 14.7. The van der Waals surface area contributed by atoms with Crippen LogP contribution >= 0.6 is 0 Å². The second-order valence-electron chi connectivity index (χ2n) is 6.85. The summed E-state index contributed by atoms with van der Waals surface area (Å²) in [6, 6.07) is 16.5. The smallest absolute Gasteiger partial charge is 0.253 e. The normalized spacial score (nSPS) is 16.2. The number of hydrogen-bond acceptors (Lipinski definition) is 1. The molecule has 4 rings (SSSR count). The van der Waals surface area contributed by atoms with Crippen molar-refractivity contribution in [3.8, 4) is 11.3 Å². The van der Waals surface area contributed by atoms with Crippen LogP contribution in [0.2, 0.25) is 0 Å². The Labute approximate surface area is 152 Å². The summed E-state index contributed by atoms with van der Waals surface area (Å²) in [6.45, 7) is 1.89. The lowest BCUT2D eigenvalue weighted by molar-refractivity contribution is 0.0932. The summed E-state index contributed by atoms with van der Waals surface area (Å²) in [4.78, 5) is 16.1. The van der Waals surface area contributed by atoms with E-state index in [1.807, 2.05) is 25.1 Å². The molecular weight excluding hydrogens is 327 g/mol. The minimum atomic E-state index is -0.272. The van der Waals surface area contributed by atoms with Gasteiger partial charge < -0.3 is 10.3 Å². The number of aryl methyl sites for hydroxylation is 2. The van der Waals surface area contributed by atoms with Gasteiger partial charge in [0.2, 0.25) is 0 Å². The molecule has 0 saturated carbocycles. The number of hydrogen-bond donors (Lipinski definition) is 2. The molecule has 4 heteroatoms. The molecule has 26 heavy (non-hydrogen) atoms. The van der Waals surface area contributed by atoms with Crippen LogP contribution in [0.25, 0.3) is 11.3 Å². The average molecular weight is 348 g/mol. The summed E-state index contributed by atoms with van der Waals surface area (Å²) in [7, 11) is 0. The van der Waals surface area contributed by atoms with Gasteiger partial charge in [0.15, 0.2) is 0 Å². The molecule has 2 aromatic carbocycles. The third-order valence-electron chi connectivity index (χ3n) is 5.09. The summed E-state index contributed by atoms with van der Waals surface area (Å²) >= 11 is 0. The fourth-order valence-electron chi connectivity index (χ4n) is 3.72. The lowest BCUT2D eigenvalue weighted by Gasteiger charge is -2.26. The van der Waals surface area contributed by atoms with Crippen LogP contribution in [0.1, 0.15) is 46.1 Å². The monoisotopic (exact) mass is 348 g/mol. The fraction of sp³-hybridized carbons (Fsp3) is 0.227. The zero-order valence-corrected chi connectivity index (χ0v) is 14.7. The van der Waals surface area contributed by atoms with Crippen LogP contribution in [0.3, 0.4) is 0 Å². The van der Waals surface area contributed by atoms with Crippen LogP contribution in [0, 0.1) is 12.7 Å². The molecule has 0 radical (unpaired) electrons. The number of carbonyl (C=O) groups excluding carboxylic acids is 1. The van der Waals surface area contributed by atoms with E-state index in [4.69, 9.17) is 0 Å². The second-order valence-corrected chi connectivity index (χ2v) is 6.85. The first-order valence-corrected chi connectivity index (χ1v) is 8.96. The van der Waals surface area contributed by atoms with Gasteiger partial charge in [0.1, 0.15) is 5.82 Å². The SMILES string of the molecule is Cc1[nH]c(-c2ccc(F)cc2)cc1C(=O)NC1CCCc2ccccc21. The molecule has 3 aromatic rings. The van der Waals surface area contributed by atoms with Gasteiger partial charge in [0.25, 0.3) is 5.91 Å². The van der Waals surface area contributed by atoms with Gasteiger partial charge >= 0.3 is 0 Å². The molecule has 0 spiro atoms. The van der Waals surface area contributed by atoms with E-state index in [0.29, 0.717) is 5.56 Å². The predicted molar refractivity (Wildman–Crippen MR) is 101 cm³/mol. The highest BCUT2D eigenvalue weighted by atomic mass is 19.1. The number of nitrogens with one attached hydrogen (secondary N) is 2. The number of halogens is 1. The van der Waals surface area contributed by atoms with Crippen molar-refractivity contribution >= 4 is 5.91 Å². The number of H-pyrrole nitrogens is 1. The molecule has 0 saturated heterocycles. The molecule has 0 fully saturated rings. The topological polar surface area (TPSA) is 44.9 Å². The Kier molecular flexibility index (Phi) is 4.33. The van der Waals surface area contributed by atoms with Gasteiger partial charge in [-0.2, -0.15) is 0 Å². The third kappa shape index (κ3) is 3.15. The standard InChI is InChI=1S/C22H21FN2O/c1-14-19(13-21(24-14)16-9-11-17(23)12-10-16)22(26)25-20-8-4-6-15-5-2-3-7-18(15)20/h2-3,5,7,9-13,20,24H,4,6,8H2,1H3,(H,25,26). The highest BCUT2D eigenvalue weighted by Crippen LogP contribution is 2.30. The fourth-order valence-corrected chi connectivity index (χ4v) is 3.72. The van der Waals surface area contributed by atoms with E-state index in [1.165, 1.54) is 23.3 Å². The highest BCUT2D eigenvalue weighted by molar-refractivity contribution is 5.97. The summed E-state index contributed by atoms with van der Waals surface area (Å²) in [5.41, 5.74) is 5.66. The molecule has 1 atom stereocenters. The first-order chi connectivity index (χ1) is 12.6. The first kappa shape index (κ1) is 16.6. The number of aromatic nitrogens is 1. The minimum Gasteiger partial charge on any atom is -0.358 e. The van der Waals surface area contributed by atoms with Crippen molar-refractivity contribution in [2.24, 2.45) is 0 Å². The van der Waals surface area contributed by atoms with Gasteiger partial charge in [-0.1, -0.05) is 24.3 Å². The van der Waals surface area contributed by atoms with Crippen molar-refractivity contribution < 1.29 is 9.18 Å². The average Bonchev–Trinajstić information content (AvgIpc) is 3.04. The molecule has 2 N–H and O–H groups in total.